The summed E-state index contributed by atoms with van der Waals surface area (Å²) in [4.78, 5) is 11.3. The summed E-state index contributed by atoms with van der Waals surface area (Å²) in [6.07, 6.45) is -1.48. The van der Waals surface area contributed by atoms with Gasteiger partial charge in [-0.2, -0.15) is 13.2 Å². The highest BCUT2D eigenvalue weighted by atomic mass is 127. The average molecular weight is 490 g/mol. The number of anilines is 1. The van der Waals surface area contributed by atoms with Crippen LogP contribution in [-0.2, 0) is 10.9 Å². The average Bonchev–Trinajstić information content (AvgIpc) is 2.59. The molecular formula is C15H26F3IN6O. The van der Waals surface area contributed by atoms with Crippen LogP contribution in [0.1, 0.15) is 25.5 Å². The van der Waals surface area contributed by atoms with Gasteiger partial charge in [0.1, 0.15) is 5.69 Å². The van der Waals surface area contributed by atoms with Crippen molar-refractivity contribution >= 4 is 35.9 Å². The first kappa shape index (κ1) is 24.6. The van der Waals surface area contributed by atoms with E-state index in [1.807, 2.05) is 6.92 Å². The van der Waals surface area contributed by atoms with Gasteiger partial charge in [0, 0.05) is 46.1 Å². The molecule has 0 fully saturated rings. The van der Waals surface area contributed by atoms with Crippen LogP contribution in [0.2, 0.25) is 0 Å². The normalized spacial score (nSPS) is 11.7. The monoisotopic (exact) mass is 490 g/mol. The summed E-state index contributed by atoms with van der Waals surface area (Å²) in [5, 5.41) is 8.95. The molecule has 0 aliphatic carbocycles. The van der Waals surface area contributed by atoms with E-state index in [4.69, 9.17) is 4.74 Å². The number of alkyl halides is 3. The number of rotatable bonds is 10. The predicted octanol–water partition coefficient (Wildman–Crippen LogP) is 2.51. The zero-order valence-corrected chi connectivity index (χ0v) is 17.2. The van der Waals surface area contributed by atoms with Crippen LogP contribution in [0.5, 0.6) is 0 Å². The van der Waals surface area contributed by atoms with Crippen molar-refractivity contribution in [1.29, 1.82) is 0 Å². The van der Waals surface area contributed by atoms with Crippen LogP contribution in [0.4, 0.5) is 19.1 Å². The van der Waals surface area contributed by atoms with Crippen molar-refractivity contribution in [2.24, 2.45) is 4.99 Å². The van der Waals surface area contributed by atoms with Crippen molar-refractivity contribution in [1.82, 2.24) is 20.6 Å². The SMILES string of the molecule is CCOCCCCNC(=NC)NCCNc1nccc(C(F)(F)F)n1.I. The number of aliphatic imine (C=N–C) groups is 1. The molecule has 7 nitrogen and oxygen atoms in total. The smallest absolute Gasteiger partial charge is 0.382 e. The molecule has 0 amide bonds. The van der Waals surface area contributed by atoms with Crippen LogP contribution in [0.3, 0.4) is 0 Å². The maximum atomic E-state index is 12.6. The van der Waals surface area contributed by atoms with E-state index < -0.39 is 11.9 Å². The van der Waals surface area contributed by atoms with E-state index in [9.17, 15) is 13.2 Å². The zero-order chi connectivity index (χ0) is 18.5. The lowest BCUT2D eigenvalue weighted by Crippen LogP contribution is -2.40. The Kier molecular flexibility index (Phi) is 13.1. The first-order valence-electron chi connectivity index (χ1n) is 8.13. The van der Waals surface area contributed by atoms with E-state index in [0.29, 0.717) is 19.0 Å². The van der Waals surface area contributed by atoms with Gasteiger partial charge in [0.05, 0.1) is 0 Å². The fourth-order valence-corrected chi connectivity index (χ4v) is 1.86. The molecule has 1 heterocycles. The fourth-order valence-electron chi connectivity index (χ4n) is 1.86. The van der Waals surface area contributed by atoms with Crippen LogP contribution < -0.4 is 16.0 Å². The van der Waals surface area contributed by atoms with E-state index in [1.165, 1.54) is 0 Å². The Labute approximate surface area is 168 Å². The van der Waals surface area contributed by atoms with Gasteiger partial charge >= 0.3 is 6.18 Å². The van der Waals surface area contributed by atoms with Gasteiger partial charge in [-0.25, -0.2) is 9.97 Å². The molecule has 1 rings (SSSR count). The quantitative estimate of drug-likeness (QED) is 0.203. The summed E-state index contributed by atoms with van der Waals surface area (Å²) in [6, 6.07) is 0.834. The summed E-state index contributed by atoms with van der Waals surface area (Å²) >= 11 is 0. The van der Waals surface area contributed by atoms with Crippen molar-refractivity contribution in [2.45, 2.75) is 25.9 Å². The predicted molar refractivity (Wildman–Crippen MR) is 106 cm³/mol. The van der Waals surface area contributed by atoms with Gasteiger partial charge < -0.3 is 20.7 Å². The number of ether oxygens (including phenoxy) is 1. The molecule has 0 bridgehead atoms. The number of hydrogen-bond donors (Lipinski definition) is 3. The minimum absolute atomic E-state index is 0. The molecule has 0 aliphatic rings. The van der Waals surface area contributed by atoms with Crippen LogP contribution in [0.15, 0.2) is 17.3 Å². The molecule has 0 aromatic carbocycles. The number of aromatic nitrogens is 2. The maximum absolute atomic E-state index is 12.6. The van der Waals surface area contributed by atoms with Gasteiger partial charge in [0.25, 0.3) is 0 Å². The second kappa shape index (κ2) is 13.8. The van der Waals surface area contributed by atoms with Gasteiger partial charge in [-0.1, -0.05) is 0 Å². The number of unbranched alkanes of at least 4 members (excludes halogenated alkanes) is 1. The number of hydrogen-bond acceptors (Lipinski definition) is 5. The summed E-state index contributed by atoms with van der Waals surface area (Å²) in [6.45, 7) is 4.99. The molecule has 150 valence electrons. The highest BCUT2D eigenvalue weighted by Crippen LogP contribution is 2.27. The van der Waals surface area contributed by atoms with E-state index >= 15 is 0 Å². The summed E-state index contributed by atoms with van der Waals surface area (Å²) in [5.74, 6) is 0.568. The van der Waals surface area contributed by atoms with E-state index in [1.54, 1.807) is 7.05 Å². The molecule has 0 unspecified atom stereocenters. The molecule has 0 saturated heterocycles. The molecule has 0 spiro atoms. The standard InChI is InChI=1S/C15H25F3N6O.HI/c1-3-25-11-5-4-7-20-13(19-2)22-9-10-23-14-21-8-6-12(24-14)15(16,17)18;/h6,8H,3-5,7,9-11H2,1-2H3,(H2,19,20,22)(H,21,23,24);1H. The molecule has 11 heteroatoms. The van der Waals surface area contributed by atoms with Crippen molar-refractivity contribution in [3.8, 4) is 0 Å². The number of guanidine groups is 1. The van der Waals surface area contributed by atoms with Gasteiger partial charge in [0.2, 0.25) is 5.95 Å². The van der Waals surface area contributed by atoms with Crippen LogP contribution in [-0.4, -0.2) is 55.8 Å². The fraction of sp³-hybridized carbons (Fsp3) is 0.667. The van der Waals surface area contributed by atoms with Gasteiger partial charge in [-0.05, 0) is 25.8 Å². The summed E-state index contributed by atoms with van der Waals surface area (Å²) in [5.41, 5.74) is -0.970. The molecule has 1 aromatic heterocycles. The highest BCUT2D eigenvalue weighted by Gasteiger charge is 2.32. The largest absolute Gasteiger partial charge is 0.433 e. The summed E-state index contributed by atoms with van der Waals surface area (Å²) in [7, 11) is 1.65. The zero-order valence-electron chi connectivity index (χ0n) is 14.9. The molecule has 3 N–H and O–H groups in total. The third-order valence-corrected chi connectivity index (χ3v) is 3.08. The van der Waals surface area contributed by atoms with Crippen LogP contribution >= 0.6 is 24.0 Å². The maximum Gasteiger partial charge on any atom is 0.433 e. The van der Waals surface area contributed by atoms with Gasteiger partial charge in [-0.15, -0.1) is 24.0 Å². The van der Waals surface area contributed by atoms with Crippen molar-refractivity contribution in [3.63, 3.8) is 0 Å². The highest BCUT2D eigenvalue weighted by molar-refractivity contribution is 14.0. The number of nitrogens with zero attached hydrogens (tertiary/aromatic N) is 3. The van der Waals surface area contributed by atoms with E-state index in [-0.39, 0.29) is 29.9 Å². The first-order valence-corrected chi connectivity index (χ1v) is 8.13. The minimum Gasteiger partial charge on any atom is -0.382 e. The molecule has 26 heavy (non-hydrogen) atoms. The van der Waals surface area contributed by atoms with E-state index in [2.05, 4.69) is 30.9 Å². The van der Waals surface area contributed by atoms with Crippen molar-refractivity contribution in [3.05, 3.63) is 18.0 Å². The number of nitrogens with one attached hydrogen (secondary N) is 3. The van der Waals surface area contributed by atoms with Crippen molar-refractivity contribution in [2.75, 3.05) is 45.2 Å². The molecule has 0 atom stereocenters. The lowest BCUT2D eigenvalue weighted by atomic mass is 10.3. The Balaban J connectivity index is 0.00000625. The third-order valence-electron chi connectivity index (χ3n) is 3.08. The minimum atomic E-state index is -4.48. The Morgan fingerprint density at radius 1 is 1.19 bits per heavy atom. The third kappa shape index (κ3) is 10.6. The molecule has 0 aliphatic heterocycles. The Bertz CT molecular complexity index is 530. The second-order valence-corrected chi connectivity index (χ2v) is 5.02. The Morgan fingerprint density at radius 2 is 1.92 bits per heavy atom. The van der Waals surface area contributed by atoms with Crippen molar-refractivity contribution < 1.29 is 17.9 Å². The van der Waals surface area contributed by atoms with Gasteiger partial charge in [-0.3, -0.25) is 4.99 Å². The molecule has 0 saturated carbocycles. The second-order valence-electron chi connectivity index (χ2n) is 5.02. The van der Waals surface area contributed by atoms with Gasteiger partial charge in [0.15, 0.2) is 5.96 Å². The topological polar surface area (TPSA) is 83.5 Å². The summed E-state index contributed by atoms with van der Waals surface area (Å²) < 4.78 is 42.9. The molecular weight excluding hydrogens is 464 g/mol. The Hall–Kier alpha value is -1.37. The van der Waals surface area contributed by atoms with Crippen LogP contribution in [0.25, 0.3) is 0 Å². The van der Waals surface area contributed by atoms with E-state index in [0.717, 1.165) is 44.9 Å². The first-order chi connectivity index (χ1) is 12.0. The molecule has 0 radical (unpaired) electrons. The van der Waals surface area contributed by atoms with Crippen LogP contribution in [0, 0.1) is 0 Å². The Morgan fingerprint density at radius 3 is 2.58 bits per heavy atom. The lowest BCUT2D eigenvalue weighted by Gasteiger charge is -2.12. The number of halogens is 4. The molecule has 1 aromatic rings. The lowest BCUT2D eigenvalue weighted by molar-refractivity contribution is -0.141.